The van der Waals surface area contributed by atoms with Crippen molar-refractivity contribution in [3.63, 3.8) is 0 Å². The van der Waals surface area contributed by atoms with Gasteiger partial charge in [-0.1, -0.05) is 12.1 Å². The number of fused-ring (bicyclic) bond motifs is 1. The van der Waals surface area contributed by atoms with Crippen molar-refractivity contribution in [1.82, 2.24) is 0 Å². The predicted molar refractivity (Wildman–Crippen MR) is 98.0 cm³/mol. The molecule has 1 atom stereocenters. The minimum absolute atomic E-state index is 0. The number of hydrogen-bond donors (Lipinski definition) is 1. The number of ether oxygens (including phenoxy) is 2. The molecule has 1 unspecified atom stereocenters. The molecule has 0 spiro atoms. The topological polar surface area (TPSA) is 82.5 Å². The fourth-order valence-corrected chi connectivity index (χ4v) is 2.58. The molecular weight excluding hydrogens is 459 g/mol. The van der Waals surface area contributed by atoms with E-state index in [9.17, 15) is 9.59 Å². The number of nitrogens with two attached hydrogens (primary N) is 1. The van der Waals surface area contributed by atoms with E-state index in [0.717, 1.165) is 16.5 Å². The van der Waals surface area contributed by atoms with Crippen molar-refractivity contribution >= 4 is 22.8 Å². The van der Waals surface area contributed by atoms with E-state index in [4.69, 9.17) is 15.2 Å². The fourth-order valence-electron chi connectivity index (χ4n) is 2.58. The Labute approximate surface area is 177 Å². The number of rotatable bonds is 5. The minimum Gasteiger partial charge on any atom is -1.00 e. The van der Waals surface area contributed by atoms with Crippen molar-refractivity contribution < 1.29 is 47.6 Å². The third-order valence-corrected chi connectivity index (χ3v) is 3.76. The molecule has 0 fully saturated rings. The van der Waals surface area contributed by atoms with Crippen molar-refractivity contribution in [1.29, 1.82) is 0 Å². The van der Waals surface area contributed by atoms with Crippen molar-refractivity contribution in [3.8, 4) is 0 Å². The van der Waals surface area contributed by atoms with Gasteiger partial charge in [0.2, 0.25) is 5.52 Å². The fraction of sp³-hybridized carbons (Fsp3) is 0.450. The molecule has 0 saturated carbocycles. The van der Waals surface area contributed by atoms with Crippen LogP contribution < -0.4 is 34.3 Å². The van der Waals surface area contributed by atoms with Gasteiger partial charge in [0, 0.05) is 30.4 Å². The molecule has 1 aromatic heterocycles. The Balaban J connectivity index is 0.00000364. The van der Waals surface area contributed by atoms with Gasteiger partial charge in [-0.2, -0.15) is 0 Å². The maximum atomic E-state index is 12.1. The molecule has 1 heterocycles. The summed E-state index contributed by atoms with van der Waals surface area (Å²) < 4.78 is 12.3. The Morgan fingerprint density at radius 1 is 1.11 bits per heavy atom. The first-order valence-corrected chi connectivity index (χ1v) is 8.59. The van der Waals surface area contributed by atoms with Crippen LogP contribution in [0.1, 0.15) is 39.7 Å². The monoisotopic (exact) mass is 486 g/mol. The lowest BCUT2D eigenvalue weighted by molar-refractivity contribution is -0.645. The SMILES string of the molecule is C[n+]1cc(CCC(=O)OC(C)(N)C(=O)OC(C)(C)C)cc2ccccc21.[I-]. The van der Waals surface area contributed by atoms with Crippen LogP contribution >= 0.6 is 0 Å². The number of carbonyl (C=O) groups excluding carboxylic acids is 2. The number of esters is 2. The number of halogens is 1. The van der Waals surface area contributed by atoms with E-state index in [1.54, 1.807) is 20.8 Å². The smallest absolute Gasteiger partial charge is 0.366 e. The quantitative estimate of drug-likeness (QED) is 0.258. The lowest BCUT2D eigenvalue weighted by Crippen LogP contribution is -3.00. The number of pyridine rings is 1. The normalized spacial score (nSPS) is 13.4. The highest BCUT2D eigenvalue weighted by Crippen LogP contribution is 2.16. The molecule has 27 heavy (non-hydrogen) atoms. The van der Waals surface area contributed by atoms with Gasteiger partial charge in [-0.3, -0.25) is 10.5 Å². The molecule has 0 aliphatic rings. The van der Waals surface area contributed by atoms with E-state index < -0.39 is 23.3 Å². The summed E-state index contributed by atoms with van der Waals surface area (Å²) in [7, 11) is 1.96. The first-order valence-electron chi connectivity index (χ1n) is 8.59. The van der Waals surface area contributed by atoms with Gasteiger partial charge in [0.25, 0.3) is 5.72 Å². The number of aryl methyl sites for hydroxylation is 2. The Morgan fingerprint density at radius 3 is 2.37 bits per heavy atom. The summed E-state index contributed by atoms with van der Waals surface area (Å²) in [6.45, 7) is 6.50. The van der Waals surface area contributed by atoms with Crippen LogP contribution in [0.3, 0.4) is 0 Å². The summed E-state index contributed by atoms with van der Waals surface area (Å²) in [5.74, 6) is -1.31. The van der Waals surface area contributed by atoms with Crippen LogP contribution in [-0.2, 0) is 32.5 Å². The number of aromatic nitrogens is 1. The van der Waals surface area contributed by atoms with E-state index in [1.807, 2.05) is 48.1 Å². The molecular formula is C20H27IN2O4. The molecule has 0 bridgehead atoms. The highest BCUT2D eigenvalue weighted by atomic mass is 127. The highest BCUT2D eigenvalue weighted by Gasteiger charge is 2.37. The van der Waals surface area contributed by atoms with E-state index >= 15 is 0 Å². The van der Waals surface area contributed by atoms with Crippen LogP contribution in [-0.4, -0.2) is 23.3 Å². The van der Waals surface area contributed by atoms with Crippen molar-refractivity contribution in [2.45, 2.75) is 51.9 Å². The summed E-state index contributed by atoms with van der Waals surface area (Å²) >= 11 is 0. The summed E-state index contributed by atoms with van der Waals surface area (Å²) in [4.78, 5) is 24.2. The maximum absolute atomic E-state index is 12.1. The van der Waals surface area contributed by atoms with Gasteiger partial charge in [-0.25, -0.2) is 9.36 Å². The average molecular weight is 486 g/mol. The summed E-state index contributed by atoms with van der Waals surface area (Å²) in [5.41, 5.74) is 5.41. The number of carbonyl (C=O) groups is 2. The van der Waals surface area contributed by atoms with E-state index in [2.05, 4.69) is 0 Å². The molecule has 0 saturated heterocycles. The molecule has 0 aliphatic heterocycles. The zero-order valence-electron chi connectivity index (χ0n) is 16.4. The lowest BCUT2D eigenvalue weighted by Gasteiger charge is -2.28. The molecule has 0 radical (unpaired) electrons. The Bertz CT molecular complexity index is 828. The van der Waals surface area contributed by atoms with Gasteiger partial charge in [0.1, 0.15) is 12.6 Å². The maximum Gasteiger partial charge on any atom is 0.366 e. The zero-order chi connectivity index (χ0) is 19.5. The summed E-state index contributed by atoms with van der Waals surface area (Å²) in [6, 6.07) is 10.1. The predicted octanol–water partition coefficient (Wildman–Crippen LogP) is -0.839. The minimum atomic E-state index is -1.81. The average Bonchev–Trinajstić information content (AvgIpc) is 2.51. The Morgan fingerprint density at radius 2 is 1.74 bits per heavy atom. The van der Waals surface area contributed by atoms with Crippen LogP contribution in [0.2, 0.25) is 0 Å². The molecule has 0 amide bonds. The Hall–Kier alpha value is -1.74. The van der Waals surface area contributed by atoms with Crippen LogP contribution in [0.4, 0.5) is 0 Å². The number of benzene rings is 1. The Kier molecular flexibility index (Phi) is 7.74. The molecule has 1 aromatic carbocycles. The molecule has 7 heteroatoms. The lowest BCUT2D eigenvalue weighted by atomic mass is 10.1. The van der Waals surface area contributed by atoms with Gasteiger partial charge >= 0.3 is 11.9 Å². The van der Waals surface area contributed by atoms with Crippen molar-refractivity contribution in [3.05, 3.63) is 42.1 Å². The van der Waals surface area contributed by atoms with Gasteiger partial charge in [-0.05, 0) is 39.3 Å². The first kappa shape index (κ1) is 23.3. The van der Waals surface area contributed by atoms with E-state index in [1.165, 1.54) is 6.92 Å². The van der Waals surface area contributed by atoms with Crippen LogP contribution in [0, 0.1) is 0 Å². The molecule has 148 valence electrons. The largest absolute Gasteiger partial charge is 1.00 e. The second-order valence-electron chi connectivity index (χ2n) is 7.60. The molecule has 2 rings (SSSR count). The van der Waals surface area contributed by atoms with E-state index in [-0.39, 0.29) is 30.4 Å². The van der Waals surface area contributed by atoms with Gasteiger partial charge in [0.15, 0.2) is 6.20 Å². The van der Waals surface area contributed by atoms with Crippen molar-refractivity contribution in [2.75, 3.05) is 0 Å². The zero-order valence-corrected chi connectivity index (χ0v) is 18.6. The highest BCUT2D eigenvalue weighted by molar-refractivity contribution is 5.82. The number of nitrogens with zero attached hydrogens (tertiary/aromatic N) is 1. The molecule has 2 aromatic rings. The number of hydrogen-bond acceptors (Lipinski definition) is 5. The van der Waals surface area contributed by atoms with Crippen LogP contribution in [0.15, 0.2) is 36.5 Å². The third-order valence-electron chi connectivity index (χ3n) is 3.76. The summed E-state index contributed by atoms with van der Waals surface area (Å²) in [6.07, 6.45) is 2.58. The van der Waals surface area contributed by atoms with Gasteiger partial charge in [-0.15, -0.1) is 0 Å². The van der Waals surface area contributed by atoms with Crippen LogP contribution in [0.25, 0.3) is 10.9 Å². The third kappa shape index (κ3) is 6.73. The number of para-hydroxylation sites is 1. The summed E-state index contributed by atoms with van der Waals surface area (Å²) in [5, 5.41) is 1.10. The van der Waals surface area contributed by atoms with E-state index in [0.29, 0.717) is 6.42 Å². The van der Waals surface area contributed by atoms with Gasteiger partial charge in [0.05, 0.1) is 0 Å². The molecule has 0 aliphatic carbocycles. The molecule has 6 nitrogen and oxygen atoms in total. The molecule has 2 N–H and O–H groups in total. The van der Waals surface area contributed by atoms with Crippen LogP contribution in [0.5, 0.6) is 0 Å². The van der Waals surface area contributed by atoms with Crippen molar-refractivity contribution in [2.24, 2.45) is 12.8 Å². The second kappa shape index (κ2) is 8.97. The first-order chi connectivity index (χ1) is 12.0. The second-order valence-corrected chi connectivity index (χ2v) is 7.60. The standard InChI is InChI=1S/C20H27N2O4.HI/c1-19(2,3)26-18(24)20(4,21)25-17(23)11-10-14-12-15-8-6-7-9-16(15)22(5)13-14;/h6-9,12-13H,10-11,21H2,1-5H3;1H/q+1;/p-1. The van der Waals surface area contributed by atoms with Gasteiger partial charge < -0.3 is 33.5 Å².